The van der Waals surface area contributed by atoms with Gasteiger partial charge in [-0.2, -0.15) is 0 Å². The highest BCUT2D eigenvalue weighted by Gasteiger charge is 2.44. The van der Waals surface area contributed by atoms with Gasteiger partial charge in [0, 0.05) is 12.5 Å². The molecule has 1 aliphatic carbocycles. The lowest BCUT2D eigenvalue weighted by Gasteiger charge is -2.33. The third kappa shape index (κ3) is 4.79. The minimum atomic E-state index is -0.761. The van der Waals surface area contributed by atoms with Crippen molar-refractivity contribution in [2.24, 2.45) is 5.92 Å². The Kier molecular flexibility index (Phi) is 6.35. The molecule has 1 aliphatic rings. The minimum absolute atomic E-state index is 0.257. The molecule has 3 nitrogen and oxygen atoms in total. The lowest BCUT2D eigenvalue weighted by molar-refractivity contribution is 0.0179. The van der Waals surface area contributed by atoms with Gasteiger partial charge in [-0.15, -0.1) is 0 Å². The summed E-state index contributed by atoms with van der Waals surface area (Å²) in [6, 6.07) is 18.5. The lowest BCUT2D eigenvalue weighted by atomic mass is 9.81. The smallest absolute Gasteiger partial charge is 0.119 e. The Morgan fingerprint density at radius 2 is 1.93 bits per heavy atom. The predicted molar refractivity (Wildman–Crippen MR) is 112 cm³/mol. The third-order valence-electron chi connectivity index (χ3n) is 5.65. The van der Waals surface area contributed by atoms with Gasteiger partial charge in [0.1, 0.15) is 5.75 Å². The highest BCUT2D eigenvalue weighted by molar-refractivity contribution is 5.58. The second kappa shape index (κ2) is 8.73. The molecule has 3 rings (SSSR count). The Bertz CT molecular complexity index is 769. The SMILES string of the molecule is COc1cccc(/C=C2\CCC(CN(C)C)C2(O)CCc2ccccc2)c1. The van der Waals surface area contributed by atoms with Crippen LogP contribution in [-0.2, 0) is 6.42 Å². The van der Waals surface area contributed by atoms with E-state index in [1.807, 2.05) is 24.3 Å². The van der Waals surface area contributed by atoms with Crippen LogP contribution in [0.4, 0.5) is 0 Å². The molecular formula is C24H31NO2. The molecule has 2 aromatic rings. The van der Waals surface area contributed by atoms with E-state index in [2.05, 4.69) is 55.4 Å². The molecule has 144 valence electrons. The van der Waals surface area contributed by atoms with Crippen molar-refractivity contribution in [3.05, 3.63) is 71.3 Å². The molecule has 1 fully saturated rings. The average Bonchev–Trinajstić information content (AvgIpc) is 2.97. The van der Waals surface area contributed by atoms with E-state index in [-0.39, 0.29) is 5.92 Å². The van der Waals surface area contributed by atoms with E-state index in [1.165, 1.54) is 5.56 Å². The maximum atomic E-state index is 11.8. The van der Waals surface area contributed by atoms with Gasteiger partial charge in [-0.3, -0.25) is 0 Å². The minimum Gasteiger partial charge on any atom is -0.497 e. The van der Waals surface area contributed by atoms with Crippen LogP contribution in [-0.4, -0.2) is 43.4 Å². The van der Waals surface area contributed by atoms with Gasteiger partial charge in [0.2, 0.25) is 0 Å². The van der Waals surface area contributed by atoms with Crippen LogP contribution in [0.1, 0.15) is 30.4 Å². The fourth-order valence-electron chi connectivity index (χ4n) is 4.20. The summed E-state index contributed by atoms with van der Waals surface area (Å²) in [7, 11) is 5.86. The maximum absolute atomic E-state index is 11.8. The van der Waals surface area contributed by atoms with Crippen LogP contribution in [0.25, 0.3) is 6.08 Å². The van der Waals surface area contributed by atoms with Crippen molar-refractivity contribution in [2.75, 3.05) is 27.7 Å². The molecule has 1 saturated carbocycles. The van der Waals surface area contributed by atoms with Crippen molar-refractivity contribution < 1.29 is 9.84 Å². The van der Waals surface area contributed by atoms with Crippen LogP contribution in [0.3, 0.4) is 0 Å². The van der Waals surface area contributed by atoms with E-state index in [1.54, 1.807) is 7.11 Å². The quantitative estimate of drug-likeness (QED) is 0.789. The number of ether oxygens (including phenoxy) is 1. The second-order valence-electron chi connectivity index (χ2n) is 7.85. The van der Waals surface area contributed by atoms with Gasteiger partial charge in [-0.25, -0.2) is 0 Å². The van der Waals surface area contributed by atoms with Crippen molar-refractivity contribution in [3.8, 4) is 5.75 Å². The maximum Gasteiger partial charge on any atom is 0.119 e. The van der Waals surface area contributed by atoms with E-state index < -0.39 is 5.60 Å². The second-order valence-corrected chi connectivity index (χ2v) is 7.85. The highest BCUT2D eigenvalue weighted by Crippen LogP contribution is 2.44. The molecule has 2 aromatic carbocycles. The third-order valence-corrected chi connectivity index (χ3v) is 5.65. The Hall–Kier alpha value is -2.10. The first kappa shape index (κ1) is 19.7. The molecule has 0 radical (unpaired) electrons. The lowest BCUT2D eigenvalue weighted by Crippen LogP contribution is -2.40. The molecule has 1 N–H and O–H groups in total. The molecule has 2 unspecified atom stereocenters. The van der Waals surface area contributed by atoms with Gasteiger partial charge < -0.3 is 14.7 Å². The monoisotopic (exact) mass is 365 g/mol. The highest BCUT2D eigenvalue weighted by atomic mass is 16.5. The Balaban J connectivity index is 1.87. The molecule has 0 bridgehead atoms. The summed E-state index contributed by atoms with van der Waals surface area (Å²) in [5.74, 6) is 1.10. The normalized spacial score (nSPS) is 23.9. The number of hydrogen-bond acceptors (Lipinski definition) is 3. The van der Waals surface area contributed by atoms with Crippen molar-refractivity contribution in [1.29, 1.82) is 0 Å². The van der Waals surface area contributed by atoms with Gasteiger partial charge in [0.25, 0.3) is 0 Å². The molecule has 0 heterocycles. The Morgan fingerprint density at radius 3 is 2.63 bits per heavy atom. The Morgan fingerprint density at radius 1 is 1.15 bits per heavy atom. The first-order valence-electron chi connectivity index (χ1n) is 9.77. The predicted octanol–water partition coefficient (Wildman–Crippen LogP) is 4.41. The summed E-state index contributed by atoms with van der Waals surface area (Å²) in [6.07, 6.45) is 5.78. The number of rotatable bonds is 7. The number of nitrogens with zero attached hydrogens (tertiary/aromatic N) is 1. The van der Waals surface area contributed by atoms with Crippen LogP contribution < -0.4 is 4.74 Å². The molecule has 0 aliphatic heterocycles. The molecule has 2 atom stereocenters. The Labute approximate surface area is 163 Å². The van der Waals surface area contributed by atoms with Crippen LogP contribution in [0, 0.1) is 5.92 Å². The molecule has 0 amide bonds. The molecule has 0 saturated heterocycles. The van der Waals surface area contributed by atoms with Crippen LogP contribution in [0.15, 0.2) is 60.2 Å². The molecule has 0 spiro atoms. The van der Waals surface area contributed by atoms with Crippen molar-refractivity contribution in [1.82, 2.24) is 4.90 Å². The summed E-state index contributed by atoms with van der Waals surface area (Å²) in [5.41, 5.74) is 2.76. The van der Waals surface area contributed by atoms with Crippen LogP contribution in [0.2, 0.25) is 0 Å². The topological polar surface area (TPSA) is 32.7 Å². The fraction of sp³-hybridized carbons (Fsp3) is 0.417. The summed E-state index contributed by atoms with van der Waals surface area (Å²) < 4.78 is 5.35. The summed E-state index contributed by atoms with van der Waals surface area (Å²) in [5, 5.41) is 11.8. The van der Waals surface area contributed by atoms with E-state index in [0.717, 1.165) is 49.1 Å². The standard InChI is InChI=1S/C24H31NO2/c1-25(2)18-22-13-12-21(16-20-10-7-11-23(17-20)27-3)24(22,26)15-14-19-8-5-4-6-9-19/h4-11,16-17,22,26H,12-15,18H2,1-3H3/b21-16+. The van der Waals surface area contributed by atoms with Crippen LogP contribution >= 0.6 is 0 Å². The zero-order chi connectivity index (χ0) is 19.3. The number of aliphatic hydroxyl groups is 1. The molecule has 0 aromatic heterocycles. The first-order chi connectivity index (χ1) is 13.0. The van der Waals surface area contributed by atoms with Crippen molar-refractivity contribution in [2.45, 2.75) is 31.3 Å². The van der Waals surface area contributed by atoms with E-state index >= 15 is 0 Å². The van der Waals surface area contributed by atoms with E-state index in [9.17, 15) is 5.11 Å². The zero-order valence-corrected chi connectivity index (χ0v) is 16.7. The molecule has 3 heteroatoms. The van der Waals surface area contributed by atoms with E-state index in [4.69, 9.17) is 4.74 Å². The fourth-order valence-corrected chi connectivity index (χ4v) is 4.20. The summed E-state index contributed by atoms with van der Waals surface area (Å²) in [4.78, 5) is 2.19. The van der Waals surface area contributed by atoms with Gasteiger partial charge in [0.15, 0.2) is 0 Å². The number of benzene rings is 2. The summed E-state index contributed by atoms with van der Waals surface area (Å²) in [6.45, 7) is 0.904. The van der Waals surface area contributed by atoms with Gasteiger partial charge in [-0.05, 0) is 68.6 Å². The van der Waals surface area contributed by atoms with Gasteiger partial charge >= 0.3 is 0 Å². The van der Waals surface area contributed by atoms with Gasteiger partial charge in [0.05, 0.1) is 12.7 Å². The molecule has 27 heavy (non-hydrogen) atoms. The zero-order valence-electron chi connectivity index (χ0n) is 16.7. The molecular weight excluding hydrogens is 334 g/mol. The number of hydrogen-bond donors (Lipinski definition) is 1. The summed E-state index contributed by atoms with van der Waals surface area (Å²) >= 11 is 0. The number of methoxy groups -OCH3 is 1. The average molecular weight is 366 g/mol. The first-order valence-corrected chi connectivity index (χ1v) is 9.77. The van der Waals surface area contributed by atoms with E-state index in [0.29, 0.717) is 0 Å². The number of aryl methyl sites for hydroxylation is 1. The van der Waals surface area contributed by atoms with Crippen molar-refractivity contribution >= 4 is 6.08 Å². The van der Waals surface area contributed by atoms with Gasteiger partial charge in [-0.1, -0.05) is 48.5 Å². The largest absolute Gasteiger partial charge is 0.497 e. The van der Waals surface area contributed by atoms with Crippen molar-refractivity contribution in [3.63, 3.8) is 0 Å². The van der Waals surface area contributed by atoms with Crippen LogP contribution in [0.5, 0.6) is 5.75 Å².